The summed E-state index contributed by atoms with van der Waals surface area (Å²) in [5.41, 5.74) is 4.26. The number of aryl methyl sites for hydroxylation is 2. The second kappa shape index (κ2) is 7.72. The summed E-state index contributed by atoms with van der Waals surface area (Å²) >= 11 is 1.40. The highest BCUT2D eigenvalue weighted by molar-refractivity contribution is 7.99. The van der Waals surface area contributed by atoms with Gasteiger partial charge in [0, 0.05) is 30.9 Å². The van der Waals surface area contributed by atoms with Crippen molar-refractivity contribution in [3.05, 3.63) is 83.4 Å². The number of imidazole rings is 1. The highest BCUT2D eigenvalue weighted by Crippen LogP contribution is 2.43. The molecule has 5 rings (SSSR count). The zero-order valence-corrected chi connectivity index (χ0v) is 17.3. The zero-order valence-electron chi connectivity index (χ0n) is 16.5. The van der Waals surface area contributed by atoms with Crippen LogP contribution in [0.3, 0.4) is 0 Å². The Morgan fingerprint density at radius 1 is 1.20 bits per heavy atom. The van der Waals surface area contributed by atoms with Crippen LogP contribution in [-0.2, 0) is 18.3 Å². The average molecular weight is 421 g/mol. The highest BCUT2D eigenvalue weighted by Gasteiger charge is 2.43. The van der Waals surface area contributed by atoms with E-state index in [0.29, 0.717) is 0 Å². The van der Waals surface area contributed by atoms with E-state index in [2.05, 4.69) is 17.1 Å². The van der Waals surface area contributed by atoms with Gasteiger partial charge in [0.2, 0.25) is 0 Å². The van der Waals surface area contributed by atoms with Crippen molar-refractivity contribution in [2.75, 3.05) is 5.75 Å². The van der Waals surface area contributed by atoms with E-state index in [1.54, 1.807) is 23.3 Å². The first-order valence-electron chi connectivity index (χ1n) is 9.96. The summed E-state index contributed by atoms with van der Waals surface area (Å²) in [6.45, 7) is 0. The molecule has 0 N–H and O–H groups in total. The van der Waals surface area contributed by atoms with Crippen LogP contribution >= 0.6 is 11.8 Å². The smallest absolute Gasteiger partial charge is 0.253 e. The van der Waals surface area contributed by atoms with Crippen molar-refractivity contribution >= 4 is 23.4 Å². The Labute approximate surface area is 178 Å². The van der Waals surface area contributed by atoms with E-state index >= 15 is 0 Å². The van der Waals surface area contributed by atoms with Crippen molar-refractivity contribution in [3.8, 4) is 0 Å². The lowest BCUT2D eigenvalue weighted by molar-refractivity contribution is -0.130. The van der Waals surface area contributed by atoms with Crippen molar-refractivity contribution in [3.63, 3.8) is 0 Å². The lowest BCUT2D eigenvalue weighted by atomic mass is 9.77. The number of carbonyl (C=O) groups is 1. The summed E-state index contributed by atoms with van der Waals surface area (Å²) in [5.74, 6) is -0.00693. The number of nitrogens with zero attached hydrogens (tertiary/aromatic N) is 4. The van der Waals surface area contributed by atoms with Crippen LogP contribution in [0.2, 0.25) is 0 Å². The van der Waals surface area contributed by atoms with Gasteiger partial charge in [0.1, 0.15) is 5.82 Å². The number of fused-ring (bicyclic) bond motifs is 3. The van der Waals surface area contributed by atoms with E-state index in [1.807, 2.05) is 29.9 Å². The number of amides is 1. The third kappa shape index (κ3) is 3.33. The van der Waals surface area contributed by atoms with Crippen LogP contribution < -0.4 is 0 Å². The predicted octanol–water partition coefficient (Wildman–Crippen LogP) is 4.20. The van der Waals surface area contributed by atoms with Crippen molar-refractivity contribution in [1.29, 1.82) is 0 Å². The second-order valence-electron chi connectivity index (χ2n) is 7.63. The van der Waals surface area contributed by atoms with E-state index in [1.165, 1.54) is 29.5 Å². The maximum atomic E-state index is 13.6. The number of hydrogen-bond acceptors (Lipinski definition) is 4. The first-order chi connectivity index (χ1) is 14.6. The molecule has 1 aliphatic carbocycles. The van der Waals surface area contributed by atoms with E-state index in [9.17, 15) is 9.18 Å². The normalized spacial score (nSPS) is 19.9. The number of halogens is 1. The van der Waals surface area contributed by atoms with Gasteiger partial charge in [-0.2, -0.15) is 5.10 Å². The molecule has 0 bridgehead atoms. The van der Waals surface area contributed by atoms with Crippen LogP contribution in [0.1, 0.15) is 29.2 Å². The Bertz CT molecular complexity index is 1120. The Kier molecular flexibility index (Phi) is 4.90. The largest absolute Gasteiger partial charge is 0.329 e. The number of aromatic nitrogens is 2. The second-order valence-corrected chi connectivity index (χ2v) is 8.57. The Morgan fingerprint density at radius 2 is 2.00 bits per heavy atom. The molecule has 7 heteroatoms. The minimum Gasteiger partial charge on any atom is -0.329 e. The van der Waals surface area contributed by atoms with Gasteiger partial charge in [0.15, 0.2) is 5.16 Å². The summed E-state index contributed by atoms with van der Waals surface area (Å²) < 4.78 is 15.4. The molecule has 0 spiro atoms. The minimum atomic E-state index is -0.282. The van der Waals surface area contributed by atoms with Gasteiger partial charge in [-0.3, -0.25) is 4.79 Å². The van der Waals surface area contributed by atoms with Crippen LogP contribution in [0.25, 0.3) is 0 Å². The van der Waals surface area contributed by atoms with Crippen LogP contribution in [0.15, 0.2) is 71.2 Å². The van der Waals surface area contributed by atoms with Gasteiger partial charge in [-0.25, -0.2) is 14.4 Å². The molecule has 152 valence electrons. The van der Waals surface area contributed by atoms with Gasteiger partial charge in [-0.05, 0) is 36.1 Å². The highest BCUT2D eigenvalue weighted by atomic mass is 32.2. The van der Waals surface area contributed by atoms with Gasteiger partial charge >= 0.3 is 0 Å². The lowest BCUT2D eigenvalue weighted by Crippen LogP contribution is -2.33. The molecule has 2 unspecified atom stereocenters. The topological polar surface area (TPSA) is 50.5 Å². The lowest BCUT2D eigenvalue weighted by Gasteiger charge is -2.29. The number of rotatable bonds is 4. The van der Waals surface area contributed by atoms with Gasteiger partial charge in [0.25, 0.3) is 5.91 Å². The Morgan fingerprint density at radius 3 is 2.77 bits per heavy atom. The summed E-state index contributed by atoms with van der Waals surface area (Å²) in [4.78, 5) is 17.5. The van der Waals surface area contributed by atoms with Gasteiger partial charge < -0.3 is 4.57 Å². The van der Waals surface area contributed by atoms with Crippen LogP contribution in [0, 0.1) is 11.7 Å². The average Bonchev–Trinajstić information content (AvgIpc) is 3.36. The van der Waals surface area contributed by atoms with E-state index in [4.69, 9.17) is 5.10 Å². The van der Waals surface area contributed by atoms with Crippen LogP contribution in [0.4, 0.5) is 4.39 Å². The molecule has 5 nitrogen and oxygen atoms in total. The number of thioether (sulfide) groups is 1. The molecular weight excluding hydrogens is 399 g/mol. The van der Waals surface area contributed by atoms with Crippen LogP contribution in [-0.4, -0.2) is 31.9 Å². The van der Waals surface area contributed by atoms with Gasteiger partial charge in [0.05, 0.1) is 17.5 Å². The van der Waals surface area contributed by atoms with Gasteiger partial charge in [-0.1, -0.05) is 48.2 Å². The molecule has 2 aromatic carbocycles. The predicted molar refractivity (Wildman–Crippen MR) is 115 cm³/mol. The van der Waals surface area contributed by atoms with Crippen LogP contribution in [0.5, 0.6) is 0 Å². The third-order valence-corrected chi connectivity index (χ3v) is 6.84. The van der Waals surface area contributed by atoms with E-state index in [-0.39, 0.29) is 29.4 Å². The van der Waals surface area contributed by atoms with Crippen molar-refractivity contribution in [1.82, 2.24) is 14.6 Å². The molecule has 1 amide bonds. The monoisotopic (exact) mass is 420 g/mol. The van der Waals surface area contributed by atoms with Crippen molar-refractivity contribution in [2.45, 2.75) is 24.0 Å². The molecule has 30 heavy (non-hydrogen) atoms. The van der Waals surface area contributed by atoms with Crippen molar-refractivity contribution < 1.29 is 9.18 Å². The quantitative estimate of drug-likeness (QED) is 0.595. The maximum absolute atomic E-state index is 13.6. The number of hydrogen-bond donors (Lipinski definition) is 0. The molecule has 3 aromatic rings. The molecule has 2 atom stereocenters. The molecule has 2 aliphatic rings. The summed E-state index contributed by atoms with van der Waals surface area (Å²) in [7, 11) is 1.91. The standard InChI is InChI=1S/C23H21FN4OS/c1-27-13-12-25-23(27)30-14-20(29)28-22(16-6-9-17(24)10-7-16)19-11-8-15-4-2-3-5-18(15)21(19)26-28/h2-7,9-10,12-13,19,22H,8,11,14H2,1H3. The Balaban J connectivity index is 1.49. The molecule has 1 aromatic heterocycles. The fraction of sp³-hybridized carbons (Fsp3) is 0.261. The summed E-state index contributed by atoms with van der Waals surface area (Å²) in [6, 6.07) is 14.5. The first kappa shape index (κ1) is 19.1. The number of hydrazone groups is 1. The molecule has 0 radical (unpaired) electrons. The number of benzene rings is 2. The zero-order chi connectivity index (χ0) is 20.7. The van der Waals surface area contributed by atoms with E-state index < -0.39 is 0 Å². The first-order valence-corrected chi connectivity index (χ1v) is 10.9. The molecule has 0 fully saturated rings. The molecule has 0 saturated heterocycles. The van der Waals surface area contributed by atoms with Gasteiger partial charge in [-0.15, -0.1) is 0 Å². The fourth-order valence-corrected chi connectivity index (χ4v) is 5.13. The fourth-order valence-electron chi connectivity index (χ4n) is 4.35. The molecule has 2 heterocycles. The summed E-state index contributed by atoms with van der Waals surface area (Å²) in [6.07, 6.45) is 5.43. The van der Waals surface area contributed by atoms with E-state index in [0.717, 1.165) is 34.8 Å². The SMILES string of the molecule is Cn1ccnc1SCC(=O)N1N=C2c3ccccc3CCC2C1c1ccc(F)cc1. The Hall–Kier alpha value is -2.93. The van der Waals surface area contributed by atoms with Crippen molar-refractivity contribution in [2.24, 2.45) is 18.1 Å². The molecule has 1 aliphatic heterocycles. The number of carbonyl (C=O) groups excluding carboxylic acids is 1. The summed E-state index contributed by atoms with van der Waals surface area (Å²) in [5, 5.41) is 7.22. The third-order valence-electron chi connectivity index (χ3n) is 5.80. The maximum Gasteiger partial charge on any atom is 0.253 e. The minimum absolute atomic E-state index is 0.0725. The molecule has 0 saturated carbocycles. The molecular formula is C23H21FN4OS.